The molecule has 7 nitrogen and oxygen atoms in total. The largest absolute Gasteiger partial charge is 0.372 e. The number of hydrogen-bond acceptors (Lipinski definition) is 5. The van der Waals surface area contributed by atoms with Gasteiger partial charge < -0.3 is 14.6 Å². The van der Waals surface area contributed by atoms with Crippen molar-refractivity contribution >= 4 is 17.2 Å². The van der Waals surface area contributed by atoms with Crippen LogP contribution in [0.1, 0.15) is 29.1 Å². The molecule has 1 N–H and O–H groups in total. The molecule has 2 aromatic rings. The molecule has 3 heterocycles. The summed E-state index contributed by atoms with van der Waals surface area (Å²) < 4.78 is 6.67. The highest BCUT2D eigenvalue weighted by atomic mass is 32.1. The van der Waals surface area contributed by atoms with Gasteiger partial charge in [-0.2, -0.15) is 0 Å². The van der Waals surface area contributed by atoms with Crippen LogP contribution in [0.3, 0.4) is 0 Å². The van der Waals surface area contributed by atoms with E-state index < -0.39 is 11.2 Å². The van der Waals surface area contributed by atoms with Gasteiger partial charge in [0.1, 0.15) is 5.56 Å². The lowest BCUT2D eigenvalue weighted by Crippen LogP contribution is -2.50. The number of nitrogens with one attached hydrogen (secondary N) is 1. The summed E-state index contributed by atoms with van der Waals surface area (Å²) in [5.74, 6) is -0.377. The van der Waals surface area contributed by atoms with Crippen molar-refractivity contribution in [3.63, 3.8) is 0 Å². The van der Waals surface area contributed by atoms with Crippen LogP contribution in [0.5, 0.6) is 0 Å². The summed E-state index contributed by atoms with van der Waals surface area (Å²) in [6, 6.07) is 3.70. The second kappa shape index (κ2) is 6.74. The number of amides is 1. The van der Waals surface area contributed by atoms with E-state index in [9.17, 15) is 14.4 Å². The first-order valence-electron chi connectivity index (χ1n) is 7.75. The average molecular weight is 349 g/mol. The number of H-pyrrole nitrogens is 1. The number of carbonyl (C=O) groups excluding carboxylic acids is 1. The highest BCUT2D eigenvalue weighted by Crippen LogP contribution is 2.13. The molecule has 24 heavy (non-hydrogen) atoms. The Kier molecular flexibility index (Phi) is 4.68. The van der Waals surface area contributed by atoms with Crippen LogP contribution in [-0.2, 0) is 11.3 Å². The molecule has 1 aliphatic rings. The molecule has 2 atom stereocenters. The number of morpholine rings is 1. The van der Waals surface area contributed by atoms with Gasteiger partial charge in [-0.25, -0.2) is 4.79 Å². The normalized spacial score (nSPS) is 21.0. The van der Waals surface area contributed by atoms with Gasteiger partial charge in [-0.3, -0.25) is 14.2 Å². The summed E-state index contributed by atoms with van der Waals surface area (Å²) in [5.41, 5.74) is -1.11. The van der Waals surface area contributed by atoms with Gasteiger partial charge in [0.25, 0.3) is 11.5 Å². The first kappa shape index (κ1) is 16.7. The Morgan fingerprint density at radius 2 is 2.04 bits per heavy atom. The van der Waals surface area contributed by atoms with E-state index in [0.29, 0.717) is 13.1 Å². The fraction of sp³-hybridized carbons (Fsp3) is 0.438. The number of rotatable bonds is 3. The first-order valence-corrected chi connectivity index (χ1v) is 8.63. The molecule has 8 heteroatoms. The number of nitrogens with zero attached hydrogens (tertiary/aromatic N) is 2. The molecule has 0 spiro atoms. The Labute approximate surface area is 142 Å². The predicted molar refractivity (Wildman–Crippen MR) is 90.7 cm³/mol. The Balaban J connectivity index is 1.92. The molecule has 1 aliphatic heterocycles. The van der Waals surface area contributed by atoms with Crippen molar-refractivity contribution in [1.82, 2.24) is 14.5 Å². The lowest BCUT2D eigenvalue weighted by molar-refractivity contribution is -0.0586. The number of thiophene rings is 1. The quantitative estimate of drug-likeness (QED) is 0.892. The second-order valence-electron chi connectivity index (χ2n) is 5.95. The molecule has 1 amide bonds. The van der Waals surface area contributed by atoms with Crippen LogP contribution in [0.25, 0.3) is 0 Å². The number of hydrogen-bond donors (Lipinski definition) is 1. The van der Waals surface area contributed by atoms with Crippen LogP contribution in [-0.4, -0.2) is 45.7 Å². The van der Waals surface area contributed by atoms with Gasteiger partial charge in [0.05, 0.1) is 18.8 Å². The molecule has 1 saturated heterocycles. The van der Waals surface area contributed by atoms with E-state index >= 15 is 0 Å². The van der Waals surface area contributed by atoms with E-state index in [2.05, 4.69) is 4.98 Å². The average Bonchev–Trinajstić information content (AvgIpc) is 3.03. The van der Waals surface area contributed by atoms with Crippen molar-refractivity contribution in [2.75, 3.05) is 13.1 Å². The minimum absolute atomic E-state index is 0.0209. The topological polar surface area (TPSA) is 84.4 Å². The summed E-state index contributed by atoms with van der Waals surface area (Å²) in [5, 5.41) is 1.88. The third kappa shape index (κ3) is 3.34. The monoisotopic (exact) mass is 349 g/mol. The predicted octanol–water partition coefficient (Wildman–Crippen LogP) is 0.896. The second-order valence-corrected chi connectivity index (χ2v) is 6.98. The maximum atomic E-state index is 12.7. The molecule has 2 unspecified atom stereocenters. The zero-order chi connectivity index (χ0) is 17.3. The fourth-order valence-corrected chi connectivity index (χ4v) is 3.57. The molecular formula is C16H19N3O4S. The third-order valence-corrected chi connectivity index (χ3v) is 4.75. The Morgan fingerprint density at radius 1 is 1.33 bits per heavy atom. The number of aromatic amines is 1. The standard InChI is InChI=1S/C16H19N3O4S/c1-10-7-18(8-11(2)23-10)14(20)13-6-17-16(22)19(15(13)21)9-12-4-3-5-24-12/h3-6,10-11H,7-9H2,1-2H3,(H,17,22). The summed E-state index contributed by atoms with van der Waals surface area (Å²) in [6.45, 7) is 4.78. The van der Waals surface area contributed by atoms with Crippen molar-refractivity contribution < 1.29 is 9.53 Å². The summed E-state index contributed by atoms with van der Waals surface area (Å²) in [7, 11) is 0. The van der Waals surface area contributed by atoms with E-state index in [4.69, 9.17) is 4.74 Å². The van der Waals surface area contributed by atoms with Crippen molar-refractivity contribution in [3.05, 3.63) is 55.0 Å². The van der Waals surface area contributed by atoms with Gasteiger partial charge in [-0.1, -0.05) is 6.07 Å². The van der Waals surface area contributed by atoms with E-state index in [1.807, 2.05) is 31.4 Å². The smallest absolute Gasteiger partial charge is 0.328 e. The summed E-state index contributed by atoms with van der Waals surface area (Å²) in [6.07, 6.45) is 1.03. The van der Waals surface area contributed by atoms with Crippen LogP contribution >= 0.6 is 11.3 Å². The van der Waals surface area contributed by atoms with Crippen molar-refractivity contribution in [2.45, 2.75) is 32.6 Å². The third-order valence-electron chi connectivity index (χ3n) is 3.89. The molecular weight excluding hydrogens is 330 g/mol. The minimum Gasteiger partial charge on any atom is -0.372 e. The van der Waals surface area contributed by atoms with Crippen molar-refractivity contribution in [2.24, 2.45) is 0 Å². The fourth-order valence-electron chi connectivity index (χ4n) is 2.88. The molecule has 128 valence electrons. The zero-order valence-corrected chi connectivity index (χ0v) is 14.3. The van der Waals surface area contributed by atoms with Crippen molar-refractivity contribution in [1.29, 1.82) is 0 Å². The maximum absolute atomic E-state index is 12.7. The Bertz CT molecular complexity index is 830. The molecule has 2 aromatic heterocycles. The molecule has 0 aliphatic carbocycles. The van der Waals surface area contributed by atoms with Crippen LogP contribution in [0, 0.1) is 0 Å². The zero-order valence-electron chi connectivity index (χ0n) is 13.5. The van der Waals surface area contributed by atoms with Crippen LogP contribution in [0.4, 0.5) is 0 Å². The van der Waals surface area contributed by atoms with Gasteiger partial charge in [0.15, 0.2) is 0 Å². The number of ether oxygens (including phenoxy) is 1. The highest BCUT2D eigenvalue weighted by molar-refractivity contribution is 7.09. The van der Waals surface area contributed by atoms with Gasteiger partial charge in [0, 0.05) is 24.2 Å². The number of aromatic nitrogens is 2. The molecule has 0 saturated carbocycles. The van der Waals surface area contributed by atoms with E-state index in [0.717, 1.165) is 9.44 Å². The number of carbonyl (C=O) groups is 1. The lowest BCUT2D eigenvalue weighted by atomic mass is 10.2. The Morgan fingerprint density at radius 3 is 2.67 bits per heavy atom. The van der Waals surface area contributed by atoms with Gasteiger partial charge in [-0.15, -0.1) is 11.3 Å². The summed E-state index contributed by atoms with van der Waals surface area (Å²) in [4.78, 5) is 42.3. The molecule has 3 rings (SSSR count). The molecule has 0 radical (unpaired) electrons. The molecule has 1 fully saturated rings. The molecule has 0 bridgehead atoms. The maximum Gasteiger partial charge on any atom is 0.328 e. The van der Waals surface area contributed by atoms with Gasteiger partial charge in [-0.05, 0) is 25.3 Å². The van der Waals surface area contributed by atoms with Crippen LogP contribution in [0.15, 0.2) is 33.3 Å². The van der Waals surface area contributed by atoms with Crippen LogP contribution in [0.2, 0.25) is 0 Å². The van der Waals surface area contributed by atoms with Gasteiger partial charge >= 0.3 is 5.69 Å². The van der Waals surface area contributed by atoms with E-state index in [-0.39, 0.29) is 30.2 Å². The van der Waals surface area contributed by atoms with Gasteiger partial charge in [0.2, 0.25) is 0 Å². The SMILES string of the molecule is CC1CN(C(=O)c2c[nH]c(=O)n(Cc3cccs3)c2=O)CC(C)O1. The van der Waals surface area contributed by atoms with E-state index in [1.165, 1.54) is 17.5 Å². The highest BCUT2D eigenvalue weighted by Gasteiger charge is 2.28. The van der Waals surface area contributed by atoms with E-state index in [1.54, 1.807) is 4.90 Å². The summed E-state index contributed by atoms with van der Waals surface area (Å²) >= 11 is 1.45. The molecule has 0 aromatic carbocycles. The Hall–Kier alpha value is -2.19. The van der Waals surface area contributed by atoms with Crippen molar-refractivity contribution in [3.8, 4) is 0 Å². The first-order chi connectivity index (χ1) is 11.5. The lowest BCUT2D eigenvalue weighted by Gasteiger charge is -2.35. The minimum atomic E-state index is -0.566. The van der Waals surface area contributed by atoms with Crippen LogP contribution < -0.4 is 11.2 Å².